The van der Waals surface area contributed by atoms with Gasteiger partial charge in [0.1, 0.15) is 29.8 Å². The standard InChI is InChI=1S/C23H16FIN2O2/c24-20-9-5-4-6-17(20)15-29-22-11-10-16(13-21(22)25)12-18(14-26)23(28)27-19-7-2-1-3-8-19/h1-13H,15H2,(H,27,28)/b18-12-. The second kappa shape index (κ2) is 9.85. The van der Waals surface area contributed by atoms with Gasteiger partial charge in [-0.1, -0.05) is 42.5 Å². The van der Waals surface area contributed by atoms with E-state index >= 15 is 0 Å². The molecule has 0 atom stereocenters. The quantitative estimate of drug-likeness (QED) is 0.275. The van der Waals surface area contributed by atoms with E-state index in [0.717, 1.165) is 3.57 Å². The van der Waals surface area contributed by atoms with Crippen LogP contribution in [0, 0.1) is 20.7 Å². The molecule has 0 saturated carbocycles. The molecular formula is C23H16FIN2O2. The van der Waals surface area contributed by atoms with Gasteiger partial charge in [-0.2, -0.15) is 5.26 Å². The molecule has 0 fully saturated rings. The van der Waals surface area contributed by atoms with Crippen molar-refractivity contribution in [1.82, 2.24) is 0 Å². The fourth-order valence-corrected chi connectivity index (χ4v) is 3.23. The SMILES string of the molecule is N#C/C(=C/c1ccc(OCc2ccccc2F)c(I)c1)C(=O)Nc1ccccc1. The molecule has 3 aromatic carbocycles. The van der Waals surface area contributed by atoms with Gasteiger partial charge in [0.05, 0.1) is 3.57 Å². The lowest BCUT2D eigenvalue weighted by Crippen LogP contribution is -2.13. The van der Waals surface area contributed by atoms with E-state index in [4.69, 9.17) is 4.74 Å². The van der Waals surface area contributed by atoms with E-state index in [9.17, 15) is 14.4 Å². The lowest BCUT2D eigenvalue weighted by molar-refractivity contribution is -0.112. The van der Waals surface area contributed by atoms with E-state index < -0.39 is 5.91 Å². The Hall–Kier alpha value is -3.18. The van der Waals surface area contributed by atoms with Gasteiger partial charge < -0.3 is 10.1 Å². The number of para-hydroxylation sites is 1. The number of halogens is 2. The van der Waals surface area contributed by atoms with E-state index in [2.05, 4.69) is 27.9 Å². The summed E-state index contributed by atoms with van der Waals surface area (Å²) < 4.78 is 20.2. The third-order valence-electron chi connectivity index (χ3n) is 4.00. The van der Waals surface area contributed by atoms with Crippen molar-refractivity contribution in [1.29, 1.82) is 5.26 Å². The minimum atomic E-state index is -0.478. The summed E-state index contributed by atoms with van der Waals surface area (Å²) >= 11 is 2.10. The molecule has 29 heavy (non-hydrogen) atoms. The van der Waals surface area contributed by atoms with Crippen molar-refractivity contribution in [2.24, 2.45) is 0 Å². The van der Waals surface area contributed by atoms with Gasteiger partial charge in [-0.05, 0) is 64.6 Å². The monoisotopic (exact) mass is 498 g/mol. The van der Waals surface area contributed by atoms with Crippen molar-refractivity contribution < 1.29 is 13.9 Å². The molecule has 0 aliphatic carbocycles. The molecule has 0 aromatic heterocycles. The number of carbonyl (C=O) groups is 1. The number of hydrogen-bond acceptors (Lipinski definition) is 3. The Balaban J connectivity index is 1.72. The van der Waals surface area contributed by atoms with Crippen LogP contribution in [0.3, 0.4) is 0 Å². The molecule has 6 heteroatoms. The number of anilines is 1. The zero-order valence-electron chi connectivity index (χ0n) is 15.2. The summed E-state index contributed by atoms with van der Waals surface area (Å²) in [6.45, 7) is 0.112. The normalized spacial score (nSPS) is 10.9. The van der Waals surface area contributed by atoms with Gasteiger partial charge in [-0.3, -0.25) is 4.79 Å². The molecule has 0 bridgehead atoms. The number of nitrogens with one attached hydrogen (secondary N) is 1. The number of hydrogen-bond donors (Lipinski definition) is 1. The van der Waals surface area contributed by atoms with Gasteiger partial charge in [0, 0.05) is 11.3 Å². The topological polar surface area (TPSA) is 62.1 Å². The van der Waals surface area contributed by atoms with Crippen LogP contribution in [-0.4, -0.2) is 5.91 Å². The Morgan fingerprint density at radius 2 is 1.83 bits per heavy atom. The molecule has 1 amide bonds. The zero-order valence-corrected chi connectivity index (χ0v) is 17.4. The van der Waals surface area contributed by atoms with Gasteiger partial charge in [0.2, 0.25) is 0 Å². The highest BCUT2D eigenvalue weighted by Crippen LogP contribution is 2.25. The first-order valence-electron chi connectivity index (χ1n) is 8.71. The number of amides is 1. The summed E-state index contributed by atoms with van der Waals surface area (Å²) in [5, 5.41) is 12.0. The Kier molecular flexibility index (Phi) is 6.98. The van der Waals surface area contributed by atoms with Crippen molar-refractivity contribution in [2.75, 3.05) is 5.32 Å². The van der Waals surface area contributed by atoms with Crippen LogP contribution in [0.5, 0.6) is 5.75 Å². The Morgan fingerprint density at radius 3 is 2.52 bits per heavy atom. The third kappa shape index (κ3) is 5.65. The fraction of sp³-hybridized carbons (Fsp3) is 0.0435. The highest BCUT2D eigenvalue weighted by atomic mass is 127. The first kappa shape index (κ1) is 20.6. The summed E-state index contributed by atoms with van der Waals surface area (Å²) in [5.74, 6) is -0.197. The summed E-state index contributed by atoms with van der Waals surface area (Å²) in [4.78, 5) is 12.3. The molecule has 0 saturated heterocycles. The third-order valence-corrected chi connectivity index (χ3v) is 4.85. The van der Waals surface area contributed by atoms with Crippen molar-refractivity contribution in [3.63, 3.8) is 0 Å². The van der Waals surface area contributed by atoms with E-state index in [0.29, 0.717) is 22.6 Å². The minimum Gasteiger partial charge on any atom is -0.488 e. The van der Waals surface area contributed by atoms with Gasteiger partial charge >= 0.3 is 0 Å². The molecule has 0 aliphatic rings. The maximum atomic E-state index is 13.7. The number of nitriles is 1. The molecule has 0 unspecified atom stereocenters. The van der Waals surface area contributed by atoms with E-state index in [1.165, 1.54) is 12.1 Å². The first-order valence-corrected chi connectivity index (χ1v) is 9.78. The van der Waals surface area contributed by atoms with Crippen LogP contribution in [0.25, 0.3) is 6.08 Å². The van der Waals surface area contributed by atoms with Gasteiger partial charge in [-0.25, -0.2) is 4.39 Å². The Bertz CT molecular complexity index is 1090. The molecule has 4 nitrogen and oxygen atoms in total. The second-order valence-corrected chi connectivity index (χ2v) is 7.22. The smallest absolute Gasteiger partial charge is 0.266 e. The average Bonchev–Trinajstić information content (AvgIpc) is 2.73. The molecule has 0 radical (unpaired) electrons. The van der Waals surface area contributed by atoms with Crippen LogP contribution >= 0.6 is 22.6 Å². The maximum absolute atomic E-state index is 13.7. The minimum absolute atomic E-state index is 0.00956. The fourth-order valence-electron chi connectivity index (χ4n) is 2.53. The lowest BCUT2D eigenvalue weighted by atomic mass is 10.1. The van der Waals surface area contributed by atoms with Crippen molar-refractivity contribution in [2.45, 2.75) is 6.61 Å². The number of ether oxygens (including phenoxy) is 1. The summed E-state index contributed by atoms with van der Waals surface area (Å²) in [7, 11) is 0. The molecule has 3 rings (SSSR count). The van der Waals surface area contributed by atoms with Crippen LogP contribution in [0.15, 0.2) is 78.4 Å². The van der Waals surface area contributed by atoms with Crippen molar-refractivity contribution >= 4 is 40.3 Å². The number of nitrogens with zero attached hydrogens (tertiary/aromatic N) is 1. The first-order chi connectivity index (χ1) is 14.1. The van der Waals surface area contributed by atoms with Crippen molar-refractivity contribution in [3.05, 3.63) is 98.9 Å². The van der Waals surface area contributed by atoms with E-state index in [1.54, 1.807) is 60.7 Å². The van der Waals surface area contributed by atoms with Crippen LogP contribution in [-0.2, 0) is 11.4 Å². The Morgan fingerprint density at radius 1 is 1.10 bits per heavy atom. The van der Waals surface area contributed by atoms with Gasteiger partial charge in [0.15, 0.2) is 0 Å². The van der Waals surface area contributed by atoms with Crippen LogP contribution in [0.1, 0.15) is 11.1 Å². The predicted molar refractivity (Wildman–Crippen MR) is 119 cm³/mol. The molecule has 144 valence electrons. The van der Waals surface area contributed by atoms with Crippen LogP contribution < -0.4 is 10.1 Å². The van der Waals surface area contributed by atoms with E-state index in [-0.39, 0.29) is 18.0 Å². The average molecular weight is 498 g/mol. The molecule has 0 aliphatic heterocycles. The predicted octanol–water partition coefficient (Wildman–Crippen LogP) is 5.55. The summed E-state index contributed by atoms with van der Waals surface area (Å²) in [6.07, 6.45) is 1.51. The largest absolute Gasteiger partial charge is 0.488 e. The lowest BCUT2D eigenvalue weighted by Gasteiger charge is -2.10. The Labute approximate surface area is 181 Å². The number of carbonyl (C=O) groups excluding carboxylic acids is 1. The highest BCUT2D eigenvalue weighted by molar-refractivity contribution is 14.1. The zero-order chi connectivity index (χ0) is 20.6. The molecule has 3 aromatic rings. The second-order valence-electron chi connectivity index (χ2n) is 6.06. The maximum Gasteiger partial charge on any atom is 0.266 e. The van der Waals surface area contributed by atoms with Gasteiger partial charge in [-0.15, -0.1) is 0 Å². The molecular weight excluding hydrogens is 482 g/mol. The number of rotatable bonds is 6. The van der Waals surface area contributed by atoms with Crippen LogP contribution in [0.2, 0.25) is 0 Å². The highest BCUT2D eigenvalue weighted by Gasteiger charge is 2.11. The van der Waals surface area contributed by atoms with E-state index in [1.807, 2.05) is 12.1 Å². The molecule has 0 spiro atoms. The van der Waals surface area contributed by atoms with Gasteiger partial charge in [0.25, 0.3) is 5.91 Å². The summed E-state index contributed by atoms with van der Waals surface area (Å²) in [6, 6.07) is 22.6. The molecule has 0 heterocycles. The summed E-state index contributed by atoms with van der Waals surface area (Å²) in [5.41, 5.74) is 1.76. The van der Waals surface area contributed by atoms with Crippen molar-refractivity contribution in [3.8, 4) is 11.8 Å². The number of benzene rings is 3. The van der Waals surface area contributed by atoms with Crippen LogP contribution in [0.4, 0.5) is 10.1 Å². The molecule has 1 N–H and O–H groups in total.